The highest BCUT2D eigenvalue weighted by Crippen LogP contribution is 2.23. The monoisotopic (exact) mass is 320 g/mol. The molecule has 1 heterocycles. The van der Waals surface area contributed by atoms with E-state index < -0.39 is 0 Å². The highest BCUT2D eigenvalue weighted by molar-refractivity contribution is 7.71. The second kappa shape index (κ2) is 6.74. The quantitative estimate of drug-likeness (QED) is 0.739. The number of rotatable bonds is 5. The van der Waals surface area contributed by atoms with Gasteiger partial charge in [0.05, 0.1) is 5.56 Å². The minimum Gasteiger partial charge on any atom is -0.507 e. The van der Waals surface area contributed by atoms with E-state index in [0.717, 1.165) is 11.4 Å². The summed E-state index contributed by atoms with van der Waals surface area (Å²) in [7, 11) is 0. The van der Waals surface area contributed by atoms with Crippen LogP contribution in [-0.2, 0) is 6.54 Å². The molecule has 3 N–H and O–H groups in total. The van der Waals surface area contributed by atoms with E-state index in [4.69, 9.17) is 12.2 Å². The number of benzene rings is 1. The lowest BCUT2D eigenvalue weighted by molar-refractivity contribution is 0.0949. The van der Waals surface area contributed by atoms with Crippen molar-refractivity contribution in [1.82, 2.24) is 20.1 Å². The minimum atomic E-state index is -0.298. The molecule has 1 aromatic heterocycles. The summed E-state index contributed by atoms with van der Waals surface area (Å²) < 4.78 is 2.33. The van der Waals surface area contributed by atoms with Gasteiger partial charge in [-0.15, -0.1) is 0 Å². The van der Waals surface area contributed by atoms with Crippen molar-refractivity contribution in [1.29, 1.82) is 0 Å². The molecule has 2 rings (SSSR count). The number of H-pyrrole nitrogens is 1. The normalized spacial score (nSPS) is 10.9. The van der Waals surface area contributed by atoms with Crippen LogP contribution in [0.1, 0.15) is 41.5 Å². The summed E-state index contributed by atoms with van der Waals surface area (Å²) >= 11 is 5.10. The molecule has 0 aliphatic heterocycles. The Morgan fingerprint density at radius 3 is 2.82 bits per heavy atom. The molecule has 7 heteroatoms. The molecule has 0 bridgehead atoms. The number of carbonyl (C=O) groups excluding carboxylic acids is 1. The lowest BCUT2D eigenvalue weighted by Gasteiger charge is -2.11. The fourth-order valence-corrected chi connectivity index (χ4v) is 2.40. The Morgan fingerprint density at radius 1 is 1.50 bits per heavy atom. The number of phenols is 1. The van der Waals surface area contributed by atoms with Crippen LogP contribution in [0, 0.1) is 11.7 Å². The standard InChI is InChI=1S/C15H20N4O2S/c1-9(2)11-4-5-13(20)12(8-11)14(21)16-6-7-19-10(3)17-18-15(19)22/h4-5,8-9,20H,6-7H2,1-3H3,(H,16,21)(H,18,22). The van der Waals surface area contributed by atoms with Crippen molar-refractivity contribution in [3.63, 3.8) is 0 Å². The first-order valence-electron chi connectivity index (χ1n) is 7.13. The average molecular weight is 320 g/mol. The van der Waals surface area contributed by atoms with Crippen molar-refractivity contribution in [3.05, 3.63) is 39.9 Å². The van der Waals surface area contributed by atoms with Crippen LogP contribution in [-0.4, -0.2) is 32.3 Å². The van der Waals surface area contributed by atoms with Crippen molar-refractivity contribution in [2.24, 2.45) is 0 Å². The summed E-state index contributed by atoms with van der Waals surface area (Å²) in [6.45, 7) is 6.84. The first-order chi connectivity index (χ1) is 10.4. The molecular formula is C15H20N4O2S. The predicted molar refractivity (Wildman–Crippen MR) is 86.7 cm³/mol. The lowest BCUT2D eigenvalue weighted by atomic mass is 10.00. The number of amides is 1. The summed E-state index contributed by atoms with van der Waals surface area (Å²) in [6.07, 6.45) is 0. The minimum absolute atomic E-state index is 0.0157. The zero-order chi connectivity index (χ0) is 16.3. The molecule has 0 atom stereocenters. The third-order valence-corrected chi connectivity index (χ3v) is 3.81. The topological polar surface area (TPSA) is 82.9 Å². The maximum Gasteiger partial charge on any atom is 0.255 e. The van der Waals surface area contributed by atoms with Crippen molar-refractivity contribution in [2.75, 3.05) is 6.54 Å². The zero-order valence-electron chi connectivity index (χ0n) is 12.9. The highest BCUT2D eigenvalue weighted by atomic mass is 32.1. The van der Waals surface area contributed by atoms with Gasteiger partial charge < -0.3 is 15.0 Å². The number of aromatic hydroxyl groups is 1. The van der Waals surface area contributed by atoms with Crippen LogP contribution in [0.25, 0.3) is 0 Å². The smallest absolute Gasteiger partial charge is 0.255 e. The van der Waals surface area contributed by atoms with E-state index in [-0.39, 0.29) is 11.7 Å². The molecule has 0 fully saturated rings. The van der Waals surface area contributed by atoms with E-state index in [0.29, 0.717) is 29.3 Å². The molecule has 0 radical (unpaired) electrons. The van der Waals surface area contributed by atoms with E-state index in [1.54, 1.807) is 16.7 Å². The fourth-order valence-electron chi connectivity index (χ4n) is 2.13. The second-order valence-electron chi connectivity index (χ2n) is 5.41. The molecule has 1 amide bonds. The number of aromatic nitrogens is 3. The van der Waals surface area contributed by atoms with Gasteiger partial charge in [-0.05, 0) is 42.8 Å². The van der Waals surface area contributed by atoms with Crippen molar-refractivity contribution < 1.29 is 9.90 Å². The van der Waals surface area contributed by atoms with Crippen molar-refractivity contribution in [3.8, 4) is 5.75 Å². The Hall–Kier alpha value is -2.15. The third kappa shape index (κ3) is 3.54. The number of aromatic amines is 1. The van der Waals surface area contributed by atoms with E-state index in [1.807, 2.05) is 26.8 Å². The summed E-state index contributed by atoms with van der Waals surface area (Å²) in [5.74, 6) is 0.744. The highest BCUT2D eigenvalue weighted by Gasteiger charge is 2.13. The van der Waals surface area contributed by atoms with Gasteiger partial charge in [0.2, 0.25) is 0 Å². The van der Waals surface area contributed by atoms with Gasteiger partial charge >= 0.3 is 0 Å². The number of aryl methyl sites for hydroxylation is 1. The van der Waals surface area contributed by atoms with E-state index >= 15 is 0 Å². The zero-order valence-corrected chi connectivity index (χ0v) is 13.7. The number of phenolic OH excluding ortho intramolecular Hbond substituents is 1. The number of hydrogen-bond donors (Lipinski definition) is 3. The number of carbonyl (C=O) groups is 1. The summed E-state index contributed by atoms with van der Waals surface area (Å²) in [5.41, 5.74) is 1.30. The first kappa shape index (κ1) is 16.2. The molecular weight excluding hydrogens is 300 g/mol. The Bertz CT molecular complexity index is 733. The summed E-state index contributed by atoms with van der Waals surface area (Å²) in [5, 5.41) is 19.4. The van der Waals surface area contributed by atoms with Crippen LogP contribution < -0.4 is 5.32 Å². The van der Waals surface area contributed by atoms with E-state index in [1.165, 1.54) is 0 Å². The summed E-state index contributed by atoms with van der Waals surface area (Å²) in [6, 6.07) is 5.11. The van der Waals surface area contributed by atoms with Crippen LogP contribution >= 0.6 is 12.2 Å². The summed E-state index contributed by atoms with van der Waals surface area (Å²) in [4.78, 5) is 12.2. The SMILES string of the molecule is Cc1n[nH]c(=S)n1CCNC(=O)c1cc(C(C)C)ccc1O. The molecule has 0 aliphatic carbocycles. The Morgan fingerprint density at radius 2 is 2.23 bits per heavy atom. The van der Waals surface area contributed by atoms with Gasteiger partial charge in [0.1, 0.15) is 11.6 Å². The van der Waals surface area contributed by atoms with Crippen LogP contribution in [0.4, 0.5) is 0 Å². The van der Waals surface area contributed by atoms with Gasteiger partial charge in [0.15, 0.2) is 4.77 Å². The van der Waals surface area contributed by atoms with E-state index in [2.05, 4.69) is 15.5 Å². The number of nitrogens with zero attached hydrogens (tertiary/aromatic N) is 2. The second-order valence-corrected chi connectivity index (χ2v) is 5.80. The van der Waals surface area contributed by atoms with Gasteiger partial charge in [-0.2, -0.15) is 5.10 Å². The maximum absolute atomic E-state index is 12.2. The molecule has 6 nitrogen and oxygen atoms in total. The molecule has 0 aliphatic rings. The van der Waals surface area contributed by atoms with Crippen LogP contribution in [0.5, 0.6) is 5.75 Å². The van der Waals surface area contributed by atoms with Crippen molar-refractivity contribution >= 4 is 18.1 Å². The molecule has 0 unspecified atom stereocenters. The molecule has 0 saturated carbocycles. The molecule has 0 saturated heterocycles. The third-order valence-electron chi connectivity index (χ3n) is 3.50. The van der Waals surface area contributed by atoms with Gasteiger partial charge in [-0.1, -0.05) is 19.9 Å². The molecule has 118 valence electrons. The van der Waals surface area contributed by atoms with Crippen LogP contribution in [0.2, 0.25) is 0 Å². The number of nitrogens with one attached hydrogen (secondary N) is 2. The Labute approximate surface area is 134 Å². The van der Waals surface area contributed by atoms with Gasteiger partial charge in [-0.25, -0.2) is 0 Å². The maximum atomic E-state index is 12.2. The molecule has 2 aromatic rings. The Balaban J connectivity index is 2.04. The van der Waals surface area contributed by atoms with Gasteiger partial charge in [0.25, 0.3) is 5.91 Å². The fraction of sp³-hybridized carbons (Fsp3) is 0.400. The van der Waals surface area contributed by atoms with Gasteiger partial charge in [-0.3, -0.25) is 9.89 Å². The van der Waals surface area contributed by atoms with Gasteiger partial charge in [0, 0.05) is 13.1 Å². The average Bonchev–Trinajstić information content (AvgIpc) is 2.79. The van der Waals surface area contributed by atoms with Crippen LogP contribution in [0.15, 0.2) is 18.2 Å². The molecule has 0 spiro atoms. The Kier molecular flexibility index (Phi) is 4.97. The van der Waals surface area contributed by atoms with Crippen molar-refractivity contribution in [2.45, 2.75) is 33.2 Å². The first-order valence-corrected chi connectivity index (χ1v) is 7.54. The largest absolute Gasteiger partial charge is 0.507 e. The lowest BCUT2D eigenvalue weighted by Crippen LogP contribution is -2.27. The molecule has 1 aromatic carbocycles. The van der Waals surface area contributed by atoms with E-state index in [9.17, 15) is 9.90 Å². The van der Waals surface area contributed by atoms with Crippen LogP contribution in [0.3, 0.4) is 0 Å². The molecule has 22 heavy (non-hydrogen) atoms. The number of hydrogen-bond acceptors (Lipinski definition) is 4. The predicted octanol–water partition coefficient (Wildman–Crippen LogP) is 2.51.